The molecular weight excluding hydrogens is 493 g/mol. The number of fused-ring (bicyclic) bond motifs is 1. The van der Waals surface area contributed by atoms with Crippen LogP contribution in [0.25, 0.3) is 22.3 Å². The molecule has 1 aromatic carbocycles. The van der Waals surface area contributed by atoms with E-state index in [1.54, 1.807) is 30.3 Å². The minimum atomic E-state index is -0.347. The summed E-state index contributed by atoms with van der Waals surface area (Å²) in [7, 11) is 4.88. The minimum absolute atomic E-state index is 0.301. The predicted octanol–water partition coefficient (Wildman–Crippen LogP) is 4.23. The van der Waals surface area contributed by atoms with E-state index in [-0.39, 0.29) is 5.91 Å². The van der Waals surface area contributed by atoms with Gasteiger partial charge in [0.2, 0.25) is 0 Å². The first-order valence-corrected chi connectivity index (χ1v) is 11.3. The zero-order valence-corrected chi connectivity index (χ0v) is 20.7. The average molecular weight is 516 g/mol. The van der Waals surface area contributed by atoms with Crippen molar-refractivity contribution in [3.05, 3.63) is 52.1 Å². The number of H-pyrrole nitrogens is 1. The molecule has 0 bridgehead atoms. The number of nitrogens with zero attached hydrogens (tertiary/aromatic N) is 3. The van der Waals surface area contributed by atoms with Gasteiger partial charge in [0, 0.05) is 30.9 Å². The third kappa shape index (κ3) is 5.09. The van der Waals surface area contributed by atoms with Crippen molar-refractivity contribution in [2.45, 2.75) is 0 Å². The van der Waals surface area contributed by atoms with Crippen LogP contribution in [0.15, 0.2) is 36.5 Å². The lowest BCUT2D eigenvalue weighted by atomic mass is 10.1. The second kappa shape index (κ2) is 10.8. The van der Waals surface area contributed by atoms with Crippen LogP contribution in [0.2, 0.25) is 10.0 Å². The Kier molecular flexibility index (Phi) is 7.54. The van der Waals surface area contributed by atoms with Gasteiger partial charge in [0.05, 0.1) is 40.9 Å². The van der Waals surface area contributed by atoms with E-state index in [1.165, 1.54) is 20.4 Å². The number of hydrogen-bond acceptors (Lipinski definition) is 8. The number of amides is 1. The summed E-state index contributed by atoms with van der Waals surface area (Å²) in [5.74, 6) is 1.48. The van der Waals surface area contributed by atoms with Gasteiger partial charge in [-0.2, -0.15) is 5.10 Å². The van der Waals surface area contributed by atoms with E-state index in [2.05, 4.69) is 36.1 Å². The Morgan fingerprint density at radius 2 is 1.80 bits per heavy atom. The number of rotatable bonds is 9. The SMILES string of the molecule is CNCCNc1ccc(C(=O)Nc2n[nH]c3nc(-c4c(Cl)c(OC)cc(OC)c4Cl)ccc23)cn1. The number of nitrogens with one attached hydrogen (secondary N) is 4. The third-order valence-electron chi connectivity index (χ3n) is 5.19. The molecule has 0 fully saturated rings. The fourth-order valence-electron chi connectivity index (χ4n) is 3.38. The minimum Gasteiger partial charge on any atom is -0.495 e. The molecule has 182 valence electrons. The number of pyridine rings is 2. The summed E-state index contributed by atoms with van der Waals surface area (Å²) in [6.07, 6.45) is 1.50. The summed E-state index contributed by atoms with van der Waals surface area (Å²) < 4.78 is 10.7. The van der Waals surface area contributed by atoms with Gasteiger partial charge in [-0.05, 0) is 31.3 Å². The third-order valence-corrected chi connectivity index (χ3v) is 5.94. The lowest BCUT2D eigenvalue weighted by molar-refractivity contribution is 0.102. The van der Waals surface area contributed by atoms with Crippen LogP contribution in [0, 0.1) is 0 Å². The molecule has 4 rings (SSSR count). The van der Waals surface area contributed by atoms with E-state index in [0.29, 0.717) is 61.0 Å². The standard InChI is InChI=1S/C23H23Cl2N7O3/c1-26-8-9-27-17-7-4-12(11-28-17)23(33)30-22-13-5-6-14(29-21(13)31-32-22)18-19(24)15(34-2)10-16(35-3)20(18)25/h4-7,10-11,26H,8-9H2,1-3H3,(H,27,28)(H2,29,30,31,32,33). The van der Waals surface area contributed by atoms with Crippen molar-refractivity contribution in [2.75, 3.05) is 45.0 Å². The number of hydrogen-bond donors (Lipinski definition) is 4. The Labute approximate surface area is 211 Å². The first kappa shape index (κ1) is 24.5. The molecule has 0 unspecified atom stereocenters. The van der Waals surface area contributed by atoms with Gasteiger partial charge in [-0.3, -0.25) is 9.89 Å². The molecule has 1 amide bonds. The van der Waals surface area contributed by atoms with Gasteiger partial charge < -0.3 is 25.4 Å². The molecule has 0 aliphatic rings. The number of aromatic nitrogens is 4. The van der Waals surface area contributed by atoms with Gasteiger partial charge >= 0.3 is 0 Å². The topological polar surface area (TPSA) is 126 Å². The van der Waals surface area contributed by atoms with Crippen LogP contribution in [-0.4, -0.2) is 60.4 Å². The summed E-state index contributed by atoms with van der Waals surface area (Å²) in [6.45, 7) is 1.53. The van der Waals surface area contributed by atoms with Crippen molar-refractivity contribution >= 4 is 51.8 Å². The summed E-state index contributed by atoms with van der Waals surface area (Å²) in [5, 5.41) is 17.2. The van der Waals surface area contributed by atoms with E-state index < -0.39 is 0 Å². The molecule has 0 aliphatic carbocycles. The Morgan fingerprint density at radius 1 is 1.06 bits per heavy atom. The van der Waals surface area contributed by atoms with Crippen LogP contribution < -0.4 is 25.4 Å². The summed E-state index contributed by atoms with van der Waals surface area (Å²) in [4.78, 5) is 21.6. The quantitative estimate of drug-likeness (QED) is 0.244. The van der Waals surface area contributed by atoms with Gasteiger partial charge in [0.25, 0.3) is 5.91 Å². The molecule has 0 saturated heterocycles. The number of carbonyl (C=O) groups excluding carboxylic acids is 1. The van der Waals surface area contributed by atoms with Crippen molar-refractivity contribution < 1.29 is 14.3 Å². The fraction of sp³-hybridized carbons (Fsp3) is 0.217. The van der Waals surface area contributed by atoms with Crippen LogP contribution in [0.5, 0.6) is 11.5 Å². The van der Waals surface area contributed by atoms with Crippen molar-refractivity contribution in [3.8, 4) is 22.8 Å². The monoisotopic (exact) mass is 515 g/mol. The maximum Gasteiger partial charge on any atom is 0.258 e. The van der Waals surface area contributed by atoms with Gasteiger partial charge in [-0.25, -0.2) is 9.97 Å². The highest BCUT2D eigenvalue weighted by Gasteiger charge is 2.21. The molecular formula is C23H23Cl2N7O3. The predicted molar refractivity (Wildman–Crippen MR) is 137 cm³/mol. The number of likely N-dealkylation sites (N-methyl/N-ethyl adjacent to an activating group) is 1. The summed E-state index contributed by atoms with van der Waals surface area (Å²) in [5.41, 5.74) is 1.78. The molecule has 35 heavy (non-hydrogen) atoms. The maximum atomic E-state index is 12.7. The lowest BCUT2D eigenvalue weighted by Gasteiger charge is -2.14. The number of carbonyl (C=O) groups is 1. The number of halogens is 2. The second-order valence-corrected chi connectivity index (χ2v) is 8.12. The molecule has 4 aromatic rings. The number of aromatic amines is 1. The van der Waals surface area contributed by atoms with Crippen molar-refractivity contribution in [1.82, 2.24) is 25.5 Å². The molecule has 0 aliphatic heterocycles. The highest BCUT2D eigenvalue weighted by molar-refractivity contribution is 6.41. The molecule has 0 saturated carbocycles. The zero-order chi connectivity index (χ0) is 24.9. The molecule has 0 radical (unpaired) electrons. The fourth-order valence-corrected chi connectivity index (χ4v) is 4.07. The highest BCUT2D eigenvalue weighted by Crippen LogP contribution is 2.45. The van der Waals surface area contributed by atoms with Gasteiger partial charge in [-0.1, -0.05) is 23.2 Å². The Balaban J connectivity index is 1.58. The largest absolute Gasteiger partial charge is 0.495 e. The molecule has 3 aromatic heterocycles. The van der Waals surface area contributed by atoms with Crippen LogP contribution in [0.1, 0.15) is 10.4 Å². The molecule has 3 heterocycles. The number of methoxy groups -OCH3 is 2. The molecule has 4 N–H and O–H groups in total. The normalized spacial score (nSPS) is 10.9. The Hall–Kier alpha value is -3.60. The van der Waals surface area contributed by atoms with Crippen LogP contribution in [-0.2, 0) is 0 Å². The van der Waals surface area contributed by atoms with Crippen LogP contribution in [0.3, 0.4) is 0 Å². The zero-order valence-electron chi connectivity index (χ0n) is 19.2. The van der Waals surface area contributed by atoms with E-state index in [0.717, 1.165) is 13.1 Å². The Morgan fingerprint density at radius 3 is 2.43 bits per heavy atom. The maximum absolute atomic E-state index is 12.7. The number of ether oxygens (including phenoxy) is 2. The van der Waals surface area contributed by atoms with Crippen LogP contribution >= 0.6 is 23.2 Å². The first-order chi connectivity index (χ1) is 17.0. The van der Waals surface area contributed by atoms with Gasteiger partial charge in [0.1, 0.15) is 17.3 Å². The second-order valence-electron chi connectivity index (χ2n) is 7.37. The summed E-state index contributed by atoms with van der Waals surface area (Å²) >= 11 is 13.0. The van der Waals surface area contributed by atoms with Crippen molar-refractivity contribution in [3.63, 3.8) is 0 Å². The Bertz CT molecular complexity index is 1330. The van der Waals surface area contributed by atoms with E-state index in [9.17, 15) is 4.79 Å². The average Bonchev–Trinajstić information content (AvgIpc) is 3.27. The van der Waals surface area contributed by atoms with Crippen molar-refractivity contribution in [1.29, 1.82) is 0 Å². The van der Waals surface area contributed by atoms with Crippen LogP contribution in [0.4, 0.5) is 11.6 Å². The smallest absolute Gasteiger partial charge is 0.258 e. The highest BCUT2D eigenvalue weighted by atomic mass is 35.5. The molecule has 12 heteroatoms. The molecule has 0 spiro atoms. The molecule has 10 nitrogen and oxygen atoms in total. The number of benzene rings is 1. The van der Waals surface area contributed by atoms with E-state index in [4.69, 9.17) is 32.7 Å². The van der Waals surface area contributed by atoms with Crippen molar-refractivity contribution in [2.24, 2.45) is 0 Å². The molecule has 0 atom stereocenters. The van der Waals surface area contributed by atoms with Gasteiger partial charge in [0.15, 0.2) is 11.5 Å². The first-order valence-electron chi connectivity index (χ1n) is 10.6. The van der Waals surface area contributed by atoms with E-state index >= 15 is 0 Å². The number of anilines is 2. The summed E-state index contributed by atoms with van der Waals surface area (Å²) in [6, 6.07) is 8.54. The van der Waals surface area contributed by atoms with Gasteiger partial charge in [-0.15, -0.1) is 0 Å². The lowest BCUT2D eigenvalue weighted by Crippen LogP contribution is -2.18. The van der Waals surface area contributed by atoms with E-state index in [1.807, 2.05) is 7.05 Å².